The fourth-order valence-electron chi connectivity index (χ4n) is 5.16. The van der Waals surface area contributed by atoms with Gasteiger partial charge in [-0.1, -0.05) is 12.1 Å². The van der Waals surface area contributed by atoms with Crippen LogP contribution in [0.2, 0.25) is 0 Å². The number of carbonyl (C=O) groups is 1. The van der Waals surface area contributed by atoms with Gasteiger partial charge < -0.3 is 18.8 Å². The number of carbonyl (C=O) groups excluding carboxylic acids is 1. The summed E-state index contributed by atoms with van der Waals surface area (Å²) in [4.78, 5) is 16.6. The first kappa shape index (κ1) is 28.0. The summed E-state index contributed by atoms with van der Waals surface area (Å²) >= 11 is 0. The van der Waals surface area contributed by atoms with Crippen LogP contribution in [0.1, 0.15) is 46.1 Å². The average Bonchev–Trinajstić information content (AvgIpc) is 3.58. The third kappa shape index (κ3) is 5.19. The Morgan fingerprint density at radius 1 is 1.00 bits per heavy atom. The van der Waals surface area contributed by atoms with Crippen LogP contribution < -0.4 is 9.47 Å². The zero-order valence-corrected chi connectivity index (χ0v) is 23.2. The number of methoxy groups -OCH3 is 1. The molecule has 6 rings (SSSR count). The maximum Gasteiger partial charge on any atom is 0.270 e. The second kappa shape index (κ2) is 11.3. The molecule has 2 heterocycles. The number of benzene rings is 4. The molecule has 43 heavy (non-hydrogen) atoms. The molecular weight excluding hydrogens is 559 g/mol. The molecule has 1 aliphatic rings. The lowest BCUT2D eigenvalue weighted by Crippen LogP contribution is -2.10. The summed E-state index contributed by atoms with van der Waals surface area (Å²) in [5, 5.41) is 9.02. The van der Waals surface area contributed by atoms with Crippen molar-refractivity contribution in [2.75, 3.05) is 13.7 Å². The SMILES string of the molecule is COCCn1c(Cc2cc(F)c(-c3cccc4c3OC(c3ccc(C#N)cc3F)O4)cc2F)nc2ccc(C(C)=O)cc21. The van der Waals surface area contributed by atoms with Gasteiger partial charge in [-0.3, -0.25) is 4.79 Å². The normalized spacial score (nSPS) is 13.8. The summed E-state index contributed by atoms with van der Waals surface area (Å²) in [6, 6.07) is 17.9. The van der Waals surface area contributed by atoms with Gasteiger partial charge in [-0.2, -0.15) is 5.26 Å². The highest BCUT2D eigenvalue weighted by molar-refractivity contribution is 5.97. The van der Waals surface area contributed by atoms with Gasteiger partial charge in [-0.25, -0.2) is 18.2 Å². The van der Waals surface area contributed by atoms with Gasteiger partial charge in [-0.05, 0) is 67.1 Å². The van der Waals surface area contributed by atoms with E-state index in [1.165, 1.54) is 19.1 Å². The van der Waals surface area contributed by atoms with E-state index in [2.05, 4.69) is 4.98 Å². The lowest BCUT2D eigenvalue weighted by atomic mass is 10.00. The number of fused-ring (bicyclic) bond motifs is 2. The number of rotatable bonds is 8. The number of nitrogens with zero attached hydrogens (tertiary/aromatic N) is 3. The highest BCUT2D eigenvalue weighted by Crippen LogP contribution is 2.47. The Balaban J connectivity index is 1.33. The minimum Gasteiger partial charge on any atom is -0.447 e. The van der Waals surface area contributed by atoms with Gasteiger partial charge in [0.1, 0.15) is 23.3 Å². The van der Waals surface area contributed by atoms with E-state index in [4.69, 9.17) is 19.5 Å². The van der Waals surface area contributed by atoms with E-state index in [0.29, 0.717) is 35.6 Å². The van der Waals surface area contributed by atoms with Crippen LogP contribution in [0.5, 0.6) is 11.5 Å². The number of nitriles is 1. The maximum absolute atomic E-state index is 15.7. The van der Waals surface area contributed by atoms with Gasteiger partial charge in [0.25, 0.3) is 6.29 Å². The van der Waals surface area contributed by atoms with Gasteiger partial charge in [-0.15, -0.1) is 0 Å². The summed E-state index contributed by atoms with van der Waals surface area (Å²) < 4.78 is 64.7. The van der Waals surface area contributed by atoms with Gasteiger partial charge >= 0.3 is 0 Å². The molecule has 10 heteroatoms. The van der Waals surface area contributed by atoms with Gasteiger partial charge in [0.2, 0.25) is 0 Å². The highest BCUT2D eigenvalue weighted by atomic mass is 19.1. The summed E-state index contributed by atoms with van der Waals surface area (Å²) in [5.41, 5.74) is 2.32. The van der Waals surface area contributed by atoms with Crippen molar-refractivity contribution in [2.45, 2.75) is 26.2 Å². The standard InChI is InChI=1S/C33H24F3N3O4/c1-18(40)20-7-9-28-29(14-20)39(10-11-41-2)31(38-28)15-21-13-27(36)24(16-25(21)34)22-4-3-5-30-32(22)43-33(42-30)23-8-6-19(17-37)12-26(23)35/h3-9,12-14,16,33H,10-11,15H2,1-2H3. The van der Waals surface area contributed by atoms with Crippen LogP contribution in [0.15, 0.2) is 66.7 Å². The molecule has 0 spiro atoms. The van der Waals surface area contributed by atoms with Crippen molar-refractivity contribution in [3.63, 3.8) is 0 Å². The predicted octanol–water partition coefficient (Wildman–Crippen LogP) is 6.90. The van der Waals surface area contributed by atoms with Crippen molar-refractivity contribution in [2.24, 2.45) is 0 Å². The van der Waals surface area contributed by atoms with E-state index in [9.17, 15) is 9.18 Å². The Bertz CT molecular complexity index is 1950. The Morgan fingerprint density at radius 3 is 2.58 bits per heavy atom. The summed E-state index contributed by atoms with van der Waals surface area (Å²) in [6.45, 7) is 2.23. The number of hydrogen-bond donors (Lipinski definition) is 0. The van der Waals surface area contributed by atoms with E-state index >= 15 is 8.78 Å². The number of ketones is 1. The Kier molecular flexibility index (Phi) is 7.34. The van der Waals surface area contributed by atoms with Gasteiger partial charge in [0, 0.05) is 36.8 Å². The third-order valence-electron chi connectivity index (χ3n) is 7.35. The summed E-state index contributed by atoms with van der Waals surface area (Å²) in [7, 11) is 1.56. The summed E-state index contributed by atoms with van der Waals surface area (Å²) in [5.74, 6) is -1.26. The Morgan fingerprint density at radius 2 is 1.84 bits per heavy atom. The molecule has 1 aliphatic heterocycles. The fraction of sp³-hybridized carbons (Fsp3) is 0.182. The monoisotopic (exact) mass is 583 g/mol. The van der Waals surface area contributed by atoms with Crippen LogP contribution in [0, 0.1) is 28.8 Å². The van der Waals surface area contributed by atoms with Gasteiger partial charge in [0.05, 0.1) is 34.8 Å². The molecule has 0 fully saturated rings. The smallest absolute Gasteiger partial charge is 0.270 e. The first-order valence-electron chi connectivity index (χ1n) is 13.4. The molecule has 0 N–H and O–H groups in total. The molecule has 216 valence electrons. The number of para-hydroxylation sites is 1. The minimum absolute atomic E-state index is 0.0105. The van der Waals surface area contributed by atoms with Crippen molar-refractivity contribution in [1.29, 1.82) is 5.26 Å². The van der Waals surface area contributed by atoms with Crippen LogP contribution in [0.3, 0.4) is 0 Å². The van der Waals surface area contributed by atoms with Crippen LogP contribution in [-0.2, 0) is 17.7 Å². The Labute approximate surface area is 244 Å². The van der Waals surface area contributed by atoms with E-state index < -0.39 is 23.7 Å². The minimum atomic E-state index is -1.17. The molecule has 0 aliphatic carbocycles. The lowest BCUT2D eigenvalue weighted by molar-refractivity contribution is 0.0456. The van der Waals surface area contributed by atoms with Crippen molar-refractivity contribution in [3.8, 4) is 28.7 Å². The second-order valence-corrected chi connectivity index (χ2v) is 10.1. The Hall–Kier alpha value is -5.14. The third-order valence-corrected chi connectivity index (χ3v) is 7.35. The number of aromatic nitrogens is 2. The molecule has 1 aromatic heterocycles. The number of Topliss-reactive ketones (excluding diaryl/α,β-unsaturated/α-hetero) is 1. The molecular formula is C33H24F3N3O4. The van der Waals surface area contributed by atoms with Crippen LogP contribution >= 0.6 is 0 Å². The molecule has 0 amide bonds. The second-order valence-electron chi connectivity index (χ2n) is 10.1. The molecule has 0 saturated carbocycles. The van der Waals surface area contributed by atoms with Gasteiger partial charge in [0.15, 0.2) is 17.3 Å². The summed E-state index contributed by atoms with van der Waals surface area (Å²) in [6.07, 6.45) is -1.18. The number of halogens is 3. The van der Waals surface area contributed by atoms with Crippen LogP contribution in [-0.4, -0.2) is 29.1 Å². The average molecular weight is 584 g/mol. The lowest BCUT2D eigenvalue weighted by Gasteiger charge is -2.13. The first-order chi connectivity index (χ1) is 20.8. The van der Waals surface area contributed by atoms with Crippen molar-refractivity contribution in [3.05, 3.63) is 112 Å². The zero-order chi connectivity index (χ0) is 30.2. The predicted molar refractivity (Wildman–Crippen MR) is 151 cm³/mol. The molecule has 0 saturated heterocycles. The number of ether oxygens (including phenoxy) is 3. The molecule has 0 bridgehead atoms. The molecule has 0 radical (unpaired) electrons. The van der Waals surface area contributed by atoms with E-state index in [1.54, 1.807) is 43.5 Å². The highest BCUT2D eigenvalue weighted by Gasteiger charge is 2.31. The fourth-order valence-corrected chi connectivity index (χ4v) is 5.16. The topological polar surface area (TPSA) is 86.4 Å². The molecule has 5 aromatic rings. The zero-order valence-electron chi connectivity index (χ0n) is 23.2. The molecule has 1 atom stereocenters. The molecule has 7 nitrogen and oxygen atoms in total. The quantitative estimate of drug-likeness (QED) is 0.185. The van der Waals surface area contributed by atoms with Crippen LogP contribution in [0.4, 0.5) is 13.2 Å². The van der Waals surface area contributed by atoms with E-state index in [1.807, 2.05) is 10.6 Å². The largest absolute Gasteiger partial charge is 0.447 e. The van der Waals surface area contributed by atoms with Crippen molar-refractivity contribution in [1.82, 2.24) is 9.55 Å². The molecule has 1 unspecified atom stereocenters. The van der Waals surface area contributed by atoms with Crippen LogP contribution in [0.25, 0.3) is 22.2 Å². The van der Waals surface area contributed by atoms with E-state index in [-0.39, 0.29) is 51.5 Å². The van der Waals surface area contributed by atoms with Crippen molar-refractivity contribution >= 4 is 16.8 Å². The number of imidazole rings is 1. The van der Waals surface area contributed by atoms with Crippen molar-refractivity contribution < 1.29 is 32.2 Å². The van der Waals surface area contributed by atoms with E-state index in [0.717, 1.165) is 18.2 Å². The number of hydrogen-bond acceptors (Lipinski definition) is 6. The molecule has 4 aromatic carbocycles. The first-order valence-corrected chi connectivity index (χ1v) is 13.4. The maximum atomic E-state index is 15.7.